The minimum Gasteiger partial charge on any atom is -0.330 e. The molecule has 0 radical (unpaired) electrons. The normalized spacial score (nSPS) is 19.8. The van der Waals surface area contributed by atoms with Gasteiger partial charge in [-0.1, -0.05) is 12.1 Å². The van der Waals surface area contributed by atoms with Crippen LogP contribution in [0.25, 0.3) is 11.1 Å². The summed E-state index contributed by atoms with van der Waals surface area (Å²) in [5.41, 5.74) is 2.13. The Morgan fingerprint density at radius 3 is 2.77 bits per heavy atom. The smallest absolute Gasteiger partial charge is 0.253 e. The zero-order chi connectivity index (χ0) is 18.4. The van der Waals surface area contributed by atoms with Gasteiger partial charge in [-0.25, -0.2) is 13.2 Å². The molecule has 4 nitrogen and oxygen atoms in total. The van der Waals surface area contributed by atoms with Crippen LogP contribution in [0.2, 0.25) is 0 Å². The molecule has 0 fully saturated rings. The molecule has 2 heterocycles. The van der Waals surface area contributed by atoms with E-state index in [1.807, 2.05) is 0 Å². The summed E-state index contributed by atoms with van der Waals surface area (Å²) in [6.45, 7) is 0.0962. The molecular formula is C19H16F3N3O. The monoisotopic (exact) mass is 359 g/mol. The molecule has 1 aromatic heterocycles. The van der Waals surface area contributed by atoms with Gasteiger partial charge in [0.2, 0.25) is 0 Å². The van der Waals surface area contributed by atoms with E-state index in [0.717, 1.165) is 5.56 Å². The predicted octanol–water partition coefficient (Wildman–Crippen LogP) is 3.46. The lowest BCUT2D eigenvalue weighted by molar-refractivity contribution is -0.126. The summed E-state index contributed by atoms with van der Waals surface area (Å²) < 4.78 is 43.6. The molecule has 7 heteroatoms. The van der Waals surface area contributed by atoms with Gasteiger partial charge >= 0.3 is 0 Å². The Morgan fingerprint density at radius 2 is 2.08 bits per heavy atom. The second-order valence-corrected chi connectivity index (χ2v) is 6.57. The Bertz CT molecular complexity index is 961. The van der Waals surface area contributed by atoms with Crippen molar-refractivity contribution in [1.29, 1.82) is 0 Å². The van der Waals surface area contributed by atoms with Crippen molar-refractivity contribution < 1.29 is 18.0 Å². The number of carbonyl (C=O) groups is 1. The van der Waals surface area contributed by atoms with Crippen molar-refractivity contribution in [2.45, 2.75) is 19.1 Å². The van der Waals surface area contributed by atoms with Crippen molar-refractivity contribution in [3.63, 3.8) is 0 Å². The van der Waals surface area contributed by atoms with Crippen LogP contribution in [0.4, 0.5) is 13.2 Å². The van der Waals surface area contributed by atoms with Gasteiger partial charge in [0.25, 0.3) is 5.91 Å². The zero-order valence-electron chi connectivity index (χ0n) is 14.0. The average Bonchev–Trinajstić information content (AvgIpc) is 3.13. The Kier molecular flexibility index (Phi) is 3.94. The number of carbonyl (C=O) groups excluding carboxylic acids is 1. The Hall–Kier alpha value is -2.83. The van der Waals surface area contributed by atoms with Crippen molar-refractivity contribution in [2.24, 2.45) is 7.05 Å². The number of alkyl halides is 1. The number of aryl methyl sites for hydroxylation is 1. The molecule has 1 aliphatic carbocycles. The SMILES string of the molecule is Cn1cc(-c2ccc(CN3CC4=C(C3=O)C(F)CC(F)=C4)c(F)c2)cn1. The lowest BCUT2D eigenvalue weighted by Gasteiger charge is -2.18. The van der Waals surface area contributed by atoms with Gasteiger partial charge < -0.3 is 4.90 Å². The topological polar surface area (TPSA) is 38.1 Å². The fourth-order valence-electron chi connectivity index (χ4n) is 3.41. The van der Waals surface area contributed by atoms with Crippen LogP contribution in [0.5, 0.6) is 0 Å². The molecule has 0 saturated heterocycles. The highest BCUT2D eigenvalue weighted by Crippen LogP contribution is 2.34. The van der Waals surface area contributed by atoms with Crippen molar-refractivity contribution in [2.75, 3.05) is 6.54 Å². The quantitative estimate of drug-likeness (QED) is 0.842. The first-order chi connectivity index (χ1) is 12.4. The van der Waals surface area contributed by atoms with Gasteiger partial charge in [-0.05, 0) is 23.3 Å². The number of hydrogen-bond donors (Lipinski definition) is 0. The second kappa shape index (κ2) is 6.16. The Labute approximate surface area is 148 Å². The van der Waals surface area contributed by atoms with E-state index < -0.39 is 30.1 Å². The third-order valence-electron chi connectivity index (χ3n) is 4.70. The molecule has 0 N–H and O–H groups in total. The van der Waals surface area contributed by atoms with Crippen molar-refractivity contribution in [3.05, 3.63) is 65.0 Å². The van der Waals surface area contributed by atoms with E-state index in [-0.39, 0.29) is 18.7 Å². The number of rotatable bonds is 3. The first-order valence-electron chi connectivity index (χ1n) is 8.22. The predicted molar refractivity (Wildman–Crippen MR) is 89.7 cm³/mol. The standard InChI is InChI=1S/C19H16F3N3O/c1-24-8-14(7-23-24)11-2-3-12(16(21)5-11)9-25-10-13-4-15(20)6-17(22)18(13)19(25)26/h2-5,7-8,17H,6,9-10H2,1H3. The van der Waals surface area contributed by atoms with Gasteiger partial charge in [0.1, 0.15) is 17.8 Å². The van der Waals surface area contributed by atoms with Crippen LogP contribution in [0.3, 0.4) is 0 Å². The lowest BCUT2D eigenvalue weighted by atomic mass is 9.97. The maximum absolute atomic E-state index is 14.5. The van der Waals surface area contributed by atoms with E-state index in [1.165, 1.54) is 17.0 Å². The molecule has 1 aliphatic heterocycles. The highest BCUT2D eigenvalue weighted by Gasteiger charge is 2.37. The van der Waals surface area contributed by atoms with E-state index in [0.29, 0.717) is 16.7 Å². The Balaban J connectivity index is 1.55. The molecule has 2 aromatic rings. The van der Waals surface area contributed by atoms with Crippen LogP contribution < -0.4 is 0 Å². The van der Waals surface area contributed by atoms with E-state index in [2.05, 4.69) is 5.10 Å². The van der Waals surface area contributed by atoms with Gasteiger partial charge in [-0.2, -0.15) is 5.10 Å². The maximum atomic E-state index is 14.5. The van der Waals surface area contributed by atoms with E-state index in [9.17, 15) is 18.0 Å². The highest BCUT2D eigenvalue weighted by molar-refractivity contribution is 5.99. The van der Waals surface area contributed by atoms with Crippen molar-refractivity contribution in [3.8, 4) is 11.1 Å². The molecule has 0 spiro atoms. The third-order valence-corrected chi connectivity index (χ3v) is 4.70. The highest BCUT2D eigenvalue weighted by atomic mass is 19.1. The summed E-state index contributed by atoms with van der Waals surface area (Å²) >= 11 is 0. The summed E-state index contributed by atoms with van der Waals surface area (Å²) in [5, 5.41) is 4.06. The fraction of sp³-hybridized carbons (Fsp3) is 0.263. The van der Waals surface area contributed by atoms with Gasteiger partial charge in [0, 0.05) is 43.9 Å². The molecule has 4 rings (SSSR count). The van der Waals surface area contributed by atoms with Crippen LogP contribution in [-0.4, -0.2) is 33.3 Å². The number of benzene rings is 1. The lowest BCUT2D eigenvalue weighted by Crippen LogP contribution is -2.28. The molecule has 1 aromatic carbocycles. The molecule has 1 atom stereocenters. The van der Waals surface area contributed by atoms with E-state index in [1.54, 1.807) is 36.3 Å². The van der Waals surface area contributed by atoms with Gasteiger partial charge in [0.15, 0.2) is 0 Å². The summed E-state index contributed by atoms with van der Waals surface area (Å²) in [7, 11) is 1.78. The molecule has 0 bridgehead atoms. The first-order valence-corrected chi connectivity index (χ1v) is 8.22. The number of hydrogen-bond acceptors (Lipinski definition) is 2. The van der Waals surface area contributed by atoms with Crippen LogP contribution in [0, 0.1) is 5.82 Å². The van der Waals surface area contributed by atoms with Crippen molar-refractivity contribution in [1.82, 2.24) is 14.7 Å². The van der Waals surface area contributed by atoms with Crippen LogP contribution in [0.1, 0.15) is 12.0 Å². The Morgan fingerprint density at radius 1 is 1.27 bits per heavy atom. The van der Waals surface area contributed by atoms with Crippen LogP contribution in [-0.2, 0) is 18.4 Å². The number of amides is 1. The van der Waals surface area contributed by atoms with E-state index in [4.69, 9.17) is 0 Å². The van der Waals surface area contributed by atoms with Crippen LogP contribution in [0.15, 0.2) is 53.6 Å². The molecule has 2 aliphatic rings. The minimum absolute atomic E-state index is 0.00112. The number of halogens is 3. The average molecular weight is 359 g/mol. The zero-order valence-corrected chi connectivity index (χ0v) is 14.0. The summed E-state index contributed by atoms with van der Waals surface area (Å²) in [6, 6.07) is 4.74. The van der Waals surface area contributed by atoms with Crippen LogP contribution >= 0.6 is 0 Å². The molecule has 0 saturated carbocycles. The largest absolute Gasteiger partial charge is 0.330 e. The number of aromatic nitrogens is 2. The molecule has 1 unspecified atom stereocenters. The van der Waals surface area contributed by atoms with Gasteiger partial charge in [-0.3, -0.25) is 9.48 Å². The molecule has 26 heavy (non-hydrogen) atoms. The third kappa shape index (κ3) is 2.83. The molecular weight excluding hydrogens is 343 g/mol. The van der Waals surface area contributed by atoms with Gasteiger partial charge in [-0.15, -0.1) is 0 Å². The van der Waals surface area contributed by atoms with Crippen molar-refractivity contribution >= 4 is 5.91 Å². The van der Waals surface area contributed by atoms with Gasteiger partial charge in [0.05, 0.1) is 11.8 Å². The molecule has 134 valence electrons. The fourth-order valence-corrected chi connectivity index (χ4v) is 3.41. The summed E-state index contributed by atoms with van der Waals surface area (Å²) in [5.74, 6) is -1.52. The van der Waals surface area contributed by atoms with E-state index >= 15 is 0 Å². The molecule has 1 amide bonds. The number of nitrogens with zero attached hydrogens (tertiary/aromatic N) is 3. The number of allylic oxidation sites excluding steroid dienone is 1. The maximum Gasteiger partial charge on any atom is 0.253 e. The summed E-state index contributed by atoms with van der Waals surface area (Å²) in [4.78, 5) is 13.7. The summed E-state index contributed by atoms with van der Waals surface area (Å²) in [6.07, 6.45) is 2.58. The minimum atomic E-state index is -1.63. The first kappa shape index (κ1) is 16.6. The second-order valence-electron chi connectivity index (χ2n) is 6.57.